The number of rotatable bonds is 2. The van der Waals surface area contributed by atoms with Crippen molar-refractivity contribution in [2.24, 2.45) is 17.8 Å². The third-order valence-electron chi connectivity index (χ3n) is 4.73. The molecule has 0 saturated heterocycles. The molecular weight excluding hydrogens is 198 g/mol. The lowest BCUT2D eigenvalue weighted by Crippen LogP contribution is -2.18. The van der Waals surface area contributed by atoms with Crippen LogP contribution in [0, 0.1) is 31.6 Å². The Morgan fingerprint density at radius 3 is 2.62 bits per heavy atom. The number of nitrogen functional groups attached to an aromatic ring is 1. The Balaban J connectivity index is 1.77. The second-order valence-electron chi connectivity index (χ2n) is 5.70. The fourth-order valence-corrected chi connectivity index (χ4v) is 3.71. The number of aromatic nitrogens is 2. The predicted molar refractivity (Wildman–Crippen MR) is 65.1 cm³/mol. The lowest BCUT2D eigenvalue weighted by molar-refractivity contribution is 0.283. The molecule has 1 aromatic heterocycles. The van der Waals surface area contributed by atoms with Gasteiger partial charge in [0, 0.05) is 6.54 Å². The maximum atomic E-state index is 5.97. The van der Waals surface area contributed by atoms with Crippen LogP contribution in [0.3, 0.4) is 0 Å². The van der Waals surface area contributed by atoms with Gasteiger partial charge in [0.25, 0.3) is 0 Å². The Morgan fingerprint density at radius 2 is 2.12 bits per heavy atom. The average molecular weight is 219 g/mol. The van der Waals surface area contributed by atoms with E-state index in [1.54, 1.807) is 0 Å². The highest BCUT2D eigenvalue weighted by atomic mass is 15.3. The molecule has 2 fully saturated rings. The van der Waals surface area contributed by atoms with Gasteiger partial charge in [-0.3, -0.25) is 4.68 Å². The number of aryl methyl sites for hydroxylation is 1. The smallest absolute Gasteiger partial charge is 0.0825 e. The van der Waals surface area contributed by atoms with Crippen LogP contribution < -0.4 is 5.73 Å². The van der Waals surface area contributed by atoms with E-state index in [9.17, 15) is 0 Å². The zero-order valence-electron chi connectivity index (χ0n) is 10.2. The van der Waals surface area contributed by atoms with Crippen LogP contribution in [0.25, 0.3) is 0 Å². The van der Waals surface area contributed by atoms with E-state index in [0.29, 0.717) is 0 Å². The highest BCUT2D eigenvalue weighted by Gasteiger charge is 2.39. The van der Waals surface area contributed by atoms with Gasteiger partial charge < -0.3 is 5.73 Å². The first-order valence-electron chi connectivity index (χ1n) is 6.44. The van der Waals surface area contributed by atoms with Gasteiger partial charge >= 0.3 is 0 Å². The molecule has 0 radical (unpaired) electrons. The van der Waals surface area contributed by atoms with Gasteiger partial charge in [-0.05, 0) is 50.9 Å². The maximum absolute atomic E-state index is 5.97. The second-order valence-corrected chi connectivity index (χ2v) is 5.70. The normalized spacial score (nSPS) is 32.5. The average Bonchev–Trinajstić information content (AvgIpc) is 2.92. The van der Waals surface area contributed by atoms with Gasteiger partial charge in [0.2, 0.25) is 0 Å². The van der Waals surface area contributed by atoms with Crippen molar-refractivity contribution in [3.8, 4) is 0 Å². The van der Waals surface area contributed by atoms with Gasteiger partial charge in [-0.15, -0.1) is 0 Å². The second kappa shape index (κ2) is 3.51. The Labute approximate surface area is 97.0 Å². The topological polar surface area (TPSA) is 43.8 Å². The first kappa shape index (κ1) is 10.2. The third-order valence-corrected chi connectivity index (χ3v) is 4.73. The van der Waals surface area contributed by atoms with E-state index in [-0.39, 0.29) is 0 Å². The molecule has 3 nitrogen and oxygen atoms in total. The molecule has 3 unspecified atom stereocenters. The Kier molecular flexibility index (Phi) is 2.23. The van der Waals surface area contributed by atoms with Crippen molar-refractivity contribution in [3.63, 3.8) is 0 Å². The molecule has 2 aliphatic carbocycles. The number of hydrogen-bond donors (Lipinski definition) is 1. The summed E-state index contributed by atoms with van der Waals surface area (Å²) in [6, 6.07) is 0. The van der Waals surface area contributed by atoms with Crippen molar-refractivity contribution in [2.45, 2.75) is 46.1 Å². The van der Waals surface area contributed by atoms with Crippen LogP contribution in [-0.4, -0.2) is 9.78 Å². The molecular formula is C13H21N3. The van der Waals surface area contributed by atoms with E-state index < -0.39 is 0 Å². The molecule has 3 rings (SSSR count). The summed E-state index contributed by atoms with van der Waals surface area (Å²) >= 11 is 0. The molecule has 88 valence electrons. The van der Waals surface area contributed by atoms with Crippen LogP contribution in [0.15, 0.2) is 0 Å². The summed E-state index contributed by atoms with van der Waals surface area (Å²) in [5.74, 6) is 2.84. The van der Waals surface area contributed by atoms with Crippen LogP contribution in [-0.2, 0) is 6.54 Å². The zero-order chi connectivity index (χ0) is 11.3. The highest BCUT2D eigenvalue weighted by Crippen LogP contribution is 2.48. The monoisotopic (exact) mass is 219 g/mol. The highest BCUT2D eigenvalue weighted by molar-refractivity contribution is 5.46. The van der Waals surface area contributed by atoms with E-state index in [1.165, 1.54) is 25.7 Å². The number of anilines is 1. The summed E-state index contributed by atoms with van der Waals surface area (Å²) in [6.45, 7) is 5.17. The number of fused-ring (bicyclic) bond motifs is 2. The molecule has 2 bridgehead atoms. The molecule has 1 aromatic rings. The quantitative estimate of drug-likeness (QED) is 0.830. The summed E-state index contributed by atoms with van der Waals surface area (Å²) in [5, 5.41) is 4.55. The molecule has 0 spiro atoms. The van der Waals surface area contributed by atoms with Crippen molar-refractivity contribution in [1.82, 2.24) is 9.78 Å². The lowest BCUT2D eigenvalue weighted by atomic mass is 9.89. The van der Waals surface area contributed by atoms with E-state index in [0.717, 1.165) is 41.4 Å². The molecule has 0 aliphatic heterocycles. The zero-order valence-corrected chi connectivity index (χ0v) is 10.2. The van der Waals surface area contributed by atoms with Crippen LogP contribution in [0.5, 0.6) is 0 Å². The van der Waals surface area contributed by atoms with Crippen LogP contribution >= 0.6 is 0 Å². The van der Waals surface area contributed by atoms with Crippen molar-refractivity contribution in [2.75, 3.05) is 5.73 Å². The van der Waals surface area contributed by atoms with Gasteiger partial charge in [-0.1, -0.05) is 6.42 Å². The van der Waals surface area contributed by atoms with Gasteiger partial charge in [0.05, 0.1) is 17.1 Å². The summed E-state index contributed by atoms with van der Waals surface area (Å²) in [7, 11) is 0. The fraction of sp³-hybridized carbons (Fsp3) is 0.769. The molecule has 0 amide bonds. The minimum absolute atomic E-state index is 0.858. The molecule has 2 N–H and O–H groups in total. The SMILES string of the molecule is Cc1nn(CC2CC3CCC2C3)c(C)c1N. The predicted octanol–water partition coefficient (Wildman–Crippen LogP) is 2.52. The van der Waals surface area contributed by atoms with Gasteiger partial charge in [-0.2, -0.15) is 5.10 Å². The summed E-state index contributed by atoms with van der Waals surface area (Å²) < 4.78 is 2.13. The number of nitrogens with two attached hydrogens (primary N) is 1. The fourth-order valence-electron chi connectivity index (χ4n) is 3.71. The largest absolute Gasteiger partial charge is 0.396 e. The van der Waals surface area contributed by atoms with Gasteiger partial charge in [0.1, 0.15) is 0 Å². The van der Waals surface area contributed by atoms with Crippen LogP contribution in [0.4, 0.5) is 5.69 Å². The minimum Gasteiger partial charge on any atom is -0.396 e. The van der Waals surface area contributed by atoms with E-state index >= 15 is 0 Å². The first-order valence-corrected chi connectivity index (χ1v) is 6.44. The third kappa shape index (κ3) is 1.45. The van der Waals surface area contributed by atoms with Crippen molar-refractivity contribution in [1.29, 1.82) is 0 Å². The van der Waals surface area contributed by atoms with E-state index in [4.69, 9.17) is 5.73 Å². The van der Waals surface area contributed by atoms with E-state index in [1.807, 2.05) is 6.92 Å². The minimum atomic E-state index is 0.858. The van der Waals surface area contributed by atoms with Gasteiger partial charge in [-0.25, -0.2) is 0 Å². The molecule has 16 heavy (non-hydrogen) atoms. The molecule has 3 atom stereocenters. The molecule has 2 saturated carbocycles. The Bertz CT molecular complexity index is 408. The van der Waals surface area contributed by atoms with Crippen LogP contribution in [0.1, 0.15) is 37.1 Å². The molecule has 1 heterocycles. The van der Waals surface area contributed by atoms with E-state index in [2.05, 4.69) is 16.7 Å². The molecule has 2 aliphatic rings. The summed E-state index contributed by atoms with van der Waals surface area (Å²) in [6.07, 6.45) is 5.81. The Morgan fingerprint density at radius 1 is 1.31 bits per heavy atom. The first-order chi connectivity index (χ1) is 7.65. The van der Waals surface area contributed by atoms with Crippen LogP contribution in [0.2, 0.25) is 0 Å². The number of nitrogens with zero attached hydrogens (tertiary/aromatic N) is 2. The van der Waals surface area contributed by atoms with Crippen molar-refractivity contribution in [3.05, 3.63) is 11.4 Å². The lowest BCUT2D eigenvalue weighted by Gasteiger charge is -2.22. The standard InChI is InChI=1S/C13H21N3/c1-8-13(14)9(2)16(15-8)7-12-6-10-3-4-11(12)5-10/h10-12H,3-7,14H2,1-2H3. The molecule has 0 aromatic carbocycles. The Hall–Kier alpha value is -0.990. The summed E-state index contributed by atoms with van der Waals surface area (Å²) in [4.78, 5) is 0. The summed E-state index contributed by atoms with van der Waals surface area (Å²) in [5.41, 5.74) is 8.99. The van der Waals surface area contributed by atoms with Crippen molar-refractivity contribution < 1.29 is 0 Å². The molecule has 3 heteroatoms. The van der Waals surface area contributed by atoms with Crippen molar-refractivity contribution >= 4 is 5.69 Å². The van der Waals surface area contributed by atoms with Gasteiger partial charge in [0.15, 0.2) is 0 Å². The number of hydrogen-bond acceptors (Lipinski definition) is 2. The maximum Gasteiger partial charge on any atom is 0.0825 e.